The van der Waals surface area contributed by atoms with Gasteiger partial charge in [-0.15, -0.1) is 0 Å². The van der Waals surface area contributed by atoms with Crippen molar-refractivity contribution in [2.45, 2.75) is 89.6 Å². The Morgan fingerprint density at radius 3 is 2.31 bits per heavy atom. The van der Waals surface area contributed by atoms with Gasteiger partial charge in [0, 0.05) is 12.3 Å². The van der Waals surface area contributed by atoms with Crippen molar-refractivity contribution in [1.82, 2.24) is 0 Å². The summed E-state index contributed by atoms with van der Waals surface area (Å²) in [6.45, 7) is 5.93. The molecule has 176 valence electrons. The van der Waals surface area contributed by atoms with Gasteiger partial charge in [0.15, 0.2) is 0 Å². The molecule has 5 nitrogen and oxygen atoms in total. The van der Waals surface area contributed by atoms with Crippen LogP contribution in [0.25, 0.3) is 0 Å². The summed E-state index contributed by atoms with van der Waals surface area (Å²) in [6, 6.07) is 10.0. The largest absolute Gasteiger partial charge is 0.463 e. The molecule has 1 aromatic carbocycles. The van der Waals surface area contributed by atoms with E-state index in [1.165, 1.54) is 6.92 Å². The lowest BCUT2D eigenvalue weighted by atomic mass is 9.43. The van der Waals surface area contributed by atoms with Gasteiger partial charge in [0.05, 0.1) is 17.8 Å². The third-order valence-corrected chi connectivity index (χ3v) is 10.4. The Balaban J connectivity index is 1.47. The Morgan fingerprint density at radius 1 is 0.938 bits per heavy atom. The predicted octanol–water partition coefficient (Wildman–Crippen LogP) is 3.79. The number of hydrogen-bond donors (Lipinski definition) is 3. The summed E-state index contributed by atoms with van der Waals surface area (Å²) in [5.74, 6) is 0.103. The topological polar surface area (TPSA) is 87.0 Å². The second-order valence-corrected chi connectivity index (χ2v) is 11.6. The fraction of sp³-hybridized carbons (Fsp3) is 0.741. The summed E-state index contributed by atoms with van der Waals surface area (Å²) in [5, 5.41) is 34.8. The van der Waals surface area contributed by atoms with Crippen molar-refractivity contribution in [2.24, 2.45) is 34.5 Å². The molecular formula is C27H38O5. The van der Waals surface area contributed by atoms with Gasteiger partial charge < -0.3 is 20.1 Å². The summed E-state index contributed by atoms with van der Waals surface area (Å²) < 4.78 is 5.50. The molecule has 4 aliphatic carbocycles. The van der Waals surface area contributed by atoms with Crippen molar-refractivity contribution < 1.29 is 24.9 Å². The molecule has 0 spiro atoms. The van der Waals surface area contributed by atoms with Crippen LogP contribution >= 0.6 is 0 Å². The molecule has 0 amide bonds. The number of carbonyl (C=O) groups is 1. The summed E-state index contributed by atoms with van der Waals surface area (Å²) in [7, 11) is 0. The Bertz CT molecular complexity index is 872. The van der Waals surface area contributed by atoms with E-state index in [4.69, 9.17) is 4.74 Å². The first-order chi connectivity index (χ1) is 15.1. The number of rotatable bonds is 2. The number of aliphatic hydroxyl groups excluding tert-OH is 2. The van der Waals surface area contributed by atoms with E-state index in [-0.39, 0.29) is 40.7 Å². The number of fused-ring (bicyclic) bond motifs is 5. The van der Waals surface area contributed by atoms with Crippen LogP contribution in [0.15, 0.2) is 30.3 Å². The molecule has 0 bridgehead atoms. The number of hydrogen-bond acceptors (Lipinski definition) is 5. The van der Waals surface area contributed by atoms with E-state index >= 15 is 0 Å². The fourth-order valence-corrected chi connectivity index (χ4v) is 8.77. The first-order valence-electron chi connectivity index (χ1n) is 12.4. The number of aliphatic hydroxyl groups is 3. The molecule has 4 saturated carbocycles. The highest BCUT2D eigenvalue weighted by Gasteiger charge is 2.68. The van der Waals surface area contributed by atoms with Crippen molar-refractivity contribution in [2.75, 3.05) is 0 Å². The van der Waals surface area contributed by atoms with Crippen LogP contribution in [0.3, 0.4) is 0 Å². The Labute approximate surface area is 191 Å². The van der Waals surface area contributed by atoms with E-state index in [1.54, 1.807) is 0 Å². The van der Waals surface area contributed by atoms with Gasteiger partial charge in [-0.05, 0) is 79.6 Å². The van der Waals surface area contributed by atoms with Crippen molar-refractivity contribution >= 4 is 5.97 Å². The molecule has 32 heavy (non-hydrogen) atoms. The van der Waals surface area contributed by atoms with Crippen LogP contribution in [0.4, 0.5) is 0 Å². The minimum absolute atomic E-state index is 0.0204. The van der Waals surface area contributed by atoms with Crippen LogP contribution in [-0.2, 0) is 15.1 Å². The van der Waals surface area contributed by atoms with Gasteiger partial charge in [0.25, 0.3) is 0 Å². The quantitative estimate of drug-likeness (QED) is 0.607. The number of esters is 1. The second-order valence-electron chi connectivity index (χ2n) is 11.6. The third kappa shape index (κ3) is 2.97. The van der Waals surface area contributed by atoms with Gasteiger partial charge in [0.1, 0.15) is 6.10 Å². The molecule has 0 saturated heterocycles. The Hall–Kier alpha value is -1.43. The maximum atomic E-state index is 12.0. The average Bonchev–Trinajstić information content (AvgIpc) is 3.05. The van der Waals surface area contributed by atoms with Crippen LogP contribution < -0.4 is 0 Å². The summed E-state index contributed by atoms with van der Waals surface area (Å²) >= 11 is 0. The van der Waals surface area contributed by atoms with E-state index in [0.717, 1.165) is 37.7 Å². The summed E-state index contributed by atoms with van der Waals surface area (Å²) in [5.41, 5.74) is -0.345. The number of benzene rings is 1. The molecule has 1 aromatic rings. The molecule has 0 aromatic heterocycles. The molecular weight excluding hydrogens is 404 g/mol. The highest BCUT2D eigenvalue weighted by atomic mass is 16.5. The predicted molar refractivity (Wildman–Crippen MR) is 120 cm³/mol. The molecule has 5 heteroatoms. The highest BCUT2D eigenvalue weighted by Crippen LogP contribution is 2.70. The first kappa shape index (κ1) is 22.4. The first-order valence-corrected chi connectivity index (χ1v) is 12.4. The van der Waals surface area contributed by atoms with E-state index in [9.17, 15) is 20.1 Å². The van der Waals surface area contributed by atoms with Gasteiger partial charge in [-0.25, -0.2) is 0 Å². The average molecular weight is 443 g/mol. The van der Waals surface area contributed by atoms with E-state index in [1.807, 2.05) is 30.3 Å². The molecule has 0 radical (unpaired) electrons. The summed E-state index contributed by atoms with van der Waals surface area (Å²) in [6.07, 6.45) is 3.94. The molecule has 0 heterocycles. The third-order valence-electron chi connectivity index (χ3n) is 10.4. The molecule has 4 aliphatic rings. The van der Waals surface area contributed by atoms with Crippen LogP contribution in [0.1, 0.15) is 71.3 Å². The Kier molecular flexibility index (Phi) is 5.27. The SMILES string of the molecule is CC(=O)O[C@H]1CC[C@@]2(C)[C@H](C1)[C@@H](O)[C@H](O)C1[C@@H]2CC[C@@]2(C)[C@H]1CC[C@@]2(O)c1ccccc1. The van der Waals surface area contributed by atoms with Crippen molar-refractivity contribution in [1.29, 1.82) is 0 Å². The standard InChI is InChI=1S/C27H38O5/c1-16(28)32-18-9-12-25(2)19-10-13-26(3)20(22(19)24(30)23(29)21(25)15-18)11-14-27(26,31)17-7-5-4-6-8-17/h4-8,18-24,29-31H,9-15H2,1-3H3/t18-,19-,20-,21+,22?,23+,24+,25+,26-,27+/m0/s1. The normalized spacial score (nSPS) is 50.1. The molecule has 0 aliphatic heterocycles. The molecule has 10 atom stereocenters. The van der Waals surface area contributed by atoms with Crippen molar-refractivity contribution in [3.8, 4) is 0 Å². The zero-order valence-corrected chi connectivity index (χ0v) is 19.5. The molecule has 4 fully saturated rings. The maximum absolute atomic E-state index is 12.0. The summed E-state index contributed by atoms with van der Waals surface area (Å²) in [4.78, 5) is 11.5. The lowest BCUT2D eigenvalue weighted by Gasteiger charge is -2.64. The van der Waals surface area contributed by atoms with Crippen molar-refractivity contribution in [3.63, 3.8) is 0 Å². The Morgan fingerprint density at radius 2 is 1.62 bits per heavy atom. The second kappa shape index (κ2) is 7.54. The van der Waals surface area contributed by atoms with Gasteiger partial charge in [-0.3, -0.25) is 4.79 Å². The van der Waals surface area contributed by atoms with Gasteiger partial charge >= 0.3 is 5.97 Å². The van der Waals surface area contributed by atoms with E-state index < -0.39 is 17.8 Å². The molecule has 1 unspecified atom stereocenters. The lowest BCUT2D eigenvalue weighted by Crippen LogP contribution is -2.65. The minimum atomic E-state index is -0.903. The van der Waals surface area contributed by atoms with Gasteiger partial charge in [-0.2, -0.15) is 0 Å². The zero-order valence-electron chi connectivity index (χ0n) is 19.5. The fourth-order valence-electron chi connectivity index (χ4n) is 8.77. The van der Waals surface area contributed by atoms with Crippen molar-refractivity contribution in [3.05, 3.63) is 35.9 Å². The lowest BCUT2D eigenvalue weighted by molar-refractivity contribution is -0.234. The smallest absolute Gasteiger partial charge is 0.302 e. The minimum Gasteiger partial charge on any atom is -0.463 e. The molecule has 3 N–H and O–H groups in total. The van der Waals surface area contributed by atoms with E-state index in [2.05, 4.69) is 13.8 Å². The van der Waals surface area contributed by atoms with Gasteiger partial charge in [-0.1, -0.05) is 44.2 Å². The van der Waals surface area contributed by atoms with E-state index in [0.29, 0.717) is 18.8 Å². The monoisotopic (exact) mass is 442 g/mol. The maximum Gasteiger partial charge on any atom is 0.302 e. The van der Waals surface area contributed by atoms with Crippen LogP contribution in [0, 0.1) is 34.5 Å². The van der Waals surface area contributed by atoms with Crippen LogP contribution in [-0.4, -0.2) is 39.6 Å². The highest BCUT2D eigenvalue weighted by molar-refractivity contribution is 5.66. The van der Waals surface area contributed by atoms with Crippen LogP contribution in [0.2, 0.25) is 0 Å². The van der Waals surface area contributed by atoms with Gasteiger partial charge in [0.2, 0.25) is 0 Å². The number of carbonyl (C=O) groups excluding carboxylic acids is 1. The zero-order chi connectivity index (χ0) is 22.9. The van der Waals surface area contributed by atoms with Crippen LogP contribution in [0.5, 0.6) is 0 Å². The number of ether oxygens (including phenoxy) is 1. The molecule has 5 rings (SSSR count).